The highest BCUT2D eigenvalue weighted by Gasteiger charge is 2.56. The van der Waals surface area contributed by atoms with Gasteiger partial charge in [0.15, 0.2) is 0 Å². The largest absolute Gasteiger partial charge is 0.461 e. The highest BCUT2D eigenvalue weighted by atomic mass is 16.6. The summed E-state index contributed by atoms with van der Waals surface area (Å²) in [4.78, 5) is 28.1. The van der Waals surface area contributed by atoms with Gasteiger partial charge in [-0.2, -0.15) is 20.3 Å². The minimum Gasteiger partial charge on any atom is -0.461 e. The highest BCUT2D eigenvalue weighted by Crippen LogP contribution is 2.50. The van der Waals surface area contributed by atoms with Crippen LogP contribution in [0.2, 0.25) is 0 Å². The number of carbonyl (C=O) groups excluding carboxylic acids is 2. The maximum Gasteiger partial charge on any atom is 0.317 e. The van der Waals surface area contributed by atoms with Gasteiger partial charge in [-0.15, -0.1) is 0 Å². The van der Waals surface area contributed by atoms with Crippen LogP contribution in [0.3, 0.4) is 0 Å². The van der Waals surface area contributed by atoms with Crippen molar-refractivity contribution in [3.63, 3.8) is 0 Å². The Bertz CT molecular complexity index is 1100. The molecule has 0 aromatic heterocycles. The Labute approximate surface area is 320 Å². The minimum absolute atomic E-state index is 0.0979. The van der Waals surface area contributed by atoms with E-state index in [0.717, 1.165) is 0 Å². The SMILES string of the molecule is CC1(C)CC(C(OC(=O)CC(=O)OC(C2CC(C)(C)N(O)C(C)(C)C2)C2CC(C)(C)N(O)C(C)(C)C2)C2CC(C)(C)N(O)C(C)(C)C2)CC(C)(C)N1O. The monoisotopic (exact) mass is 753 g/mol. The first-order valence-electron chi connectivity index (χ1n) is 20.0. The van der Waals surface area contributed by atoms with E-state index in [2.05, 4.69) is 0 Å². The fourth-order valence-corrected chi connectivity index (χ4v) is 12.0. The van der Waals surface area contributed by atoms with Crippen LogP contribution in [0, 0.1) is 23.7 Å². The molecule has 0 bridgehead atoms. The van der Waals surface area contributed by atoms with Gasteiger partial charge >= 0.3 is 11.9 Å². The van der Waals surface area contributed by atoms with E-state index < -0.39 is 74.9 Å². The van der Waals surface area contributed by atoms with Crippen LogP contribution in [-0.4, -0.2) is 110 Å². The van der Waals surface area contributed by atoms with Crippen molar-refractivity contribution in [2.45, 2.75) is 225 Å². The van der Waals surface area contributed by atoms with Crippen molar-refractivity contribution in [3.05, 3.63) is 0 Å². The van der Waals surface area contributed by atoms with Crippen LogP contribution in [0.5, 0.6) is 0 Å². The third-order valence-corrected chi connectivity index (χ3v) is 13.4. The van der Waals surface area contributed by atoms with Crippen molar-refractivity contribution in [1.82, 2.24) is 20.3 Å². The maximum absolute atomic E-state index is 14.0. The molecular weight excluding hydrogens is 676 g/mol. The molecule has 53 heavy (non-hydrogen) atoms. The smallest absolute Gasteiger partial charge is 0.317 e. The fraction of sp³-hybridized carbons (Fsp3) is 0.951. The summed E-state index contributed by atoms with van der Waals surface area (Å²) in [6.07, 6.45) is 3.05. The number of hydroxylamine groups is 8. The molecule has 4 N–H and O–H groups in total. The van der Waals surface area contributed by atoms with E-state index >= 15 is 0 Å². The third kappa shape index (κ3) is 9.11. The summed E-state index contributed by atoms with van der Waals surface area (Å²) in [5.41, 5.74) is -4.64. The van der Waals surface area contributed by atoms with E-state index in [1.165, 1.54) is 20.3 Å². The molecular formula is C41H76N4O8. The molecule has 308 valence electrons. The Morgan fingerprint density at radius 2 is 0.566 bits per heavy atom. The standard InChI is InChI=1S/C41H76N4O8/c1-34(2)18-26(19-35(3,4)42(34)48)32(27-20-36(5,6)43(49)37(7,8)21-27)52-30(46)17-31(47)53-33(28-22-38(9,10)44(50)39(11,12)23-28)29-24-40(13,14)45(51)41(15,16)25-29/h26-29,32-33,48-51H,17-25H2,1-16H3. The van der Waals surface area contributed by atoms with Gasteiger partial charge in [-0.3, -0.25) is 9.59 Å². The van der Waals surface area contributed by atoms with Crippen molar-refractivity contribution in [2.75, 3.05) is 0 Å². The molecule has 0 atom stereocenters. The molecule has 4 aliphatic heterocycles. The lowest BCUT2D eigenvalue weighted by molar-refractivity contribution is -0.273. The van der Waals surface area contributed by atoms with Crippen molar-refractivity contribution in [2.24, 2.45) is 23.7 Å². The molecule has 12 nitrogen and oxygen atoms in total. The van der Waals surface area contributed by atoms with E-state index in [0.29, 0.717) is 51.4 Å². The summed E-state index contributed by atoms with van der Waals surface area (Å²) < 4.78 is 12.9. The highest BCUT2D eigenvalue weighted by molar-refractivity contribution is 5.91. The van der Waals surface area contributed by atoms with E-state index in [1.807, 2.05) is 111 Å². The summed E-state index contributed by atoms with van der Waals surface area (Å²) >= 11 is 0. The Hall–Kier alpha value is -1.38. The number of rotatable bonds is 8. The zero-order valence-corrected chi connectivity index (χ0v) is 36.0. The quantitative estimate of drug-likeness (QED) is 0.142. The molecule has 0 amide bonds. The average Bonchev–Trinajstić information content (AvgIpc) is 2.96. The topological polar surface area (TPSA) is 146 Å². The lowest BCUT2D eigenvalue weighted by Gasteiger charge is -2.56. The molecule has 4 heterocycles. The van der Waals surface area contributed by atoms with Crippen molar-refractivity contribution in [3.8, 4) is 0 Å². The van der Waals surface area contributed by atoms with Crippen molar-refractivity contribution >= 4 is 11.9 Å². The van der Waals surface area contributed by atoms with Crippen LogP contribution >= 0.6 is 0 Å². The van der Waals surface area contributed by atoms with E-state index in [1.54, 1.807) is 0 Å². The molecule has 0 radical (unpaired) electrons. The first-order valence-corrected chi connectivity index (χ1v) is 20.0. The van der Waals surface area contributed by atoms with E-state index in [-0.39, 0.29) is 23.7 Å². The number of ether oxygens (including phenoxy) is 2. The number of piperidine rings is 4. The molecule has 4 aliphatic rings. The van der Waals surface area contributed by atoms with Gasteiger partial charge in [0, 0.05) is 44.3 Å². The second kappa shape index (κ2) is 14.2. The first kappa shape index (κ1) is 44.3. The first-order chi connectivity index (χ1) is 23.7. The van der Waals surface area contributed by atoms with Gasteiger partial charge in [0.05, 0.1) is 0 Å². The Morgan fingerprint density at radius 1 is 0.415 bits per heavy atom. The van der Waals surface area contributed by atoms with Crippen molar-refractivity contribution < 1.29 is 39.9 Å². The van der Waals surface area contributed by atoms with E-state index in [4.69, 9.17) is 9.47 Å². The van der Waals surface area contributed by atoms with Gasteiger partial charge in [-0.25, -0.2) is 0 Å². The molecule has 0 aromatic rings. The summed E-state index contributed by atoms with van der Waals surface area (Å²) in [6.45, 7) is 31.9. The number of nitrogens with zero attached hydrogens (tertiary/aromatic N) is 4. The molecule has 0 saturated carbocycles. The molecule has 12 heteroatoms. The van der Waals surface area contributed by atoms with Gasteiger partial charge in [0.25, 0.3) is 0 Å². The van der Waals surface area contributed by atoms with Gasteiger partial charge in [-0.1, -0.05) is 0 Å². The number of carbonyl (C=O) groups is 2. The Morgan fingerprint density at radius 3 is 0.717 bits per heavy atom. The van der Waals surface area contributed by atoms with Crippen LogP contribution < -0.4 is 0 Å². The third-order valence-electron chi connectivity index (χ3n) is 13.4. The van der Waals surface area contributed by atoms with Crippen LogP contribution in [0.4, 0.5) is 0 Å². The average molecular weight is 753 g/mol. The van der Waals surface area contributed by atoms with E-state index in [9.17, 15) is 30.4 Å². The zero-order chi connectivity index (χ0) is 40.7. The molecule has 4 rings (SSSR count). The van der Waals surface area contributed by atoms with Crippen LogP contribution in [0.15, 0.2) is 0 Å². The number of hydrogen-bond acceptors (Lipinski definition) is 12. The predicted molar refractivity (Wildman–Crippen MR) is 202 cm³/mol. The normalized spacial score (nSPS) is 29.7. The summed E-state index contributed by atoms with van der Waals surface area (Å²) in [7, 11) is 0. The molecule has 4 fully saturated rings. The minimum atomic E-state index is -0.639. The summed E-state index contributed by atoms with van der Waals surface area (Å²) in [5, 5.41) is 50.2. The Balaban J connectivity index is 1.63. The van der Waals surface area contributed by atoms with Gasteiger partial charge in [-0.05, 0) is 186 Å². The predicted octanol–water partition coefficient (Wildman–Crippen LogP) is 7.83. The van der Waals surface area contributed by atoms with Gasteiger partial charge in [0.2, 0.25) is 0 Å². The lowest BCUT2D eigenvalue weighted by Crippen LogP contribution is -2.64. The summed E-state index contributed by atoms with van der Waals surface area (Å²) in [5.74, 6) is -1.67. The molecule has 0 unspecified atom stereocenters. The second-order valence-electron chi connectivity index (χ2n) is 22.5. The number of hydrogen-bond donors (Lipinski definition) is 4. The lowest BCUT2D eigenvalue weighted by atomic mass is 9.66. The van der Waals surface area contributed by atoms with Crippen LogP contribution in [-0.2, 0) is 19.1 Å². The Kier molecular flexibility index (Phi) is 11.9. The molecule has 0 spiro atoms. The second-order valence-corrected chi connectivity index (χ2v) is 22.5. The molecule has 0 aliphatic carbocycles. The van der Waals surface area contributed by atoms with Crippen molar-refractivity contribution in [1.29, 1.82) is 0 Å². The van der Waals surface area contributed by atoms with Gasteiger partial charge < -0.3 is 30.3 Å². The van der Waals surface area contributed by atoms with Crippen LogP contribution in [0.1, 0.15) is 169 Å². The molecule has 4 saturated heterocycles. The van der Waals surface area contributed by atoms with Crippen LogP contribution in [0.25, 0.3) is 0 Å². The van der Waals surface area contributed by atoms with Gasteiger partial charge in [0.1, 0.15) is 18.6 Å². The zero-order valence-electron chi connectivity index (χ0n) is 36.0. The summed E-state index contributed by atoms with van der Waals surface area (Å²) in [6, 6.07) is 0. The fourth-order valence-electron chi connectivity index (χ4n) is 12.0. The maximum atomic E-state index is 14.0. The number of esters is 2. The molecule has 0 aromatic carbocycles.